The Morgan fingerprint density at radius 1 is 1.10 bits per heavy atom. The highest BCUT2D eigenvalue weighted by molar-refractivity contribution is 7.99. The van der Waals surface area contributed by atoms with Gasteiger partial charge in [-0.1, -0.05) is 42.5 Å². The maximum Gasteiger partial charge on any atom is 0.0438 e. The van der Waals surface area contributed by atoms with E-state index in [0.29, 0.717) is 12.6 Å². The van der Waals surface area contributed by atoms with E-state index in [2.05, 4.69) is 54.7 Å². The van der Waals surface area contributed by atoms with Gasteiger partial charge < -0.3 is 10.4 Å². The van der Waals surface area contributed by atoms with E-state index in [-0.39, 0.29) is 0 Å². The van der Waals surface area contributed by atoms with E-state index in [1.807, 2.05) is 11.8 Å². The first kappa shape index (κ1) is 15.4. The average molecular weight is 289 g/mol. The number of nitrogens with one attached hydrogen (secondary N) is 1. The number of aliphatic hydroxyl groups is 1. The Hall–Kier alpha value is -1.03. The Labute approximate surface area is 125 Å². The highest BCUT2D eigenvalue weighted by atomic mass is 32.2. The third-order valence-electron chi connectivity index (χ3n) is 3.43. The van der Waals surface area contributed by atoms with Crippen LogP contribution in [0.5, 0.6) is 0 Å². The summed E-state index contributed by atoms with van der Waals surface area (Å²) in [6.07, 6.45) is 0.892. The zero-order valence-electron chi connectivity index (χ0n) is 12.0. The zero-order valence-corrected chi connectivity index (χ0v) is 12.8. The van der Waals surface area contributed by atoms with Gasteiger partial charge in [0.05, 0.1) is 0 Å². The molecule has 2 aromatic rings. The summed E-state index contributed by atoms with van der Waals surface area (Å²) in [7, 11) is 0. The van der Waals surface area contributed by atoms with Crippen molar-refractivity contribution in [2.75, 3.05) is 24.7 Å². The molecule has 108 valence electrons. The van der Waals surface area contributed by atoms with Gasteiger partial charge >= 0.3 is 0 Å². The number of aliphatic hydroxyl groups excluding tert-OH is 1. The van der Waals surface area contributed by atoms with Gasteiger partial charge in [-0.05, 0) is 35.4 Å². The second-order valence-electron chi connectivity index (χ2n) is 4.93. The smallest absolute Gasteiger partial charge is 0.0438 e. The second-order valence-corrected chi connectivity index (χ2v) is 6.16. The van der Waals surface area contributed by atoms with Crippen molar-refractivity contribution >= 4 is 22.5 Å². The van der Waals surface area contributed by atoms with Gasteiger partial charge in [-0.15, -0.1) is 0 Å². The molecule has 20 heavy (non-hydrogen) atoms. The van der Waals surface area contributed by atoms with Crippen LogP contribution in [0.3, 0.4) is 0 Å². The van der Waals surface area contributed by atoms with E-state index in [0.717, 1.165) is 24.5 Å². The molecule has 2 N–H and O–H groups in total. The first-order chi connectivity index (χ1) is 9.83. The van der Waals surface area contributed by atoms with Crippen molar-refractivity contribution in [1.29, 1.82) is 0 Å². The molecule has 0 fully saturated rings. The largest absolute Gasteiger partial charge is 0.396 e. The SMILES string of the molecule is CC(NCCSCCCO)c1cccc2ccccc12. The van der Waals surface area contributed by atoms with E-state index in [1.165, 1.54) is 16.3 Å². The summed E-state index contributed by atoms with van der Waals surface area (Å²) in [6, 6.07) is 15.4. The van der Waals surface area contributed by atoms with Crippen molar-refractivity contribution in [1.82, 2.24) is 5.32 Å². The quantitative estimate of drug-likeness (QED) is 0.728. The first-order valence-corrected chi connectivity index (χ1v) is 8.38. The summed E-state index contributed by atoms with van der Waals surface area (Å²) < 4.78 is 0. The summed E-state index contributed by atoms with van der Waals surface area (Å²) in [5.74, 6) is 2.13. The van der Waals surface area contributed by atoms with E-state index in [1.54, 1.807) is 0 Å². The minimum absolute atomic E-state index is 0.298. The molecule has 0 aromatic heterocycles. The molecule has 0 spiro atoms. The lowest BCUT2D eigenvalue weighted by Gasteiger charge is -2.16. The maximum absolute atomic E-state index is 8.73. The second kappa shape index (κ2) is 8.30. The standard InChI is InChI=1S/C17H23NOS/c1-14(18-10-13-20-12-5-11-19)16-9-4-7-15-6-2-3-8-17(15)16/h2-4,6-9,14,18-19H,5,10-13H2,1H3. The molecule has 0 radical (unpaired) electrons. The molecular weight excluding hydrogens is 266 g/mol. The lowest BCUT2D eigenvalue weighted by Crippen LogP contribution is -2.21. The molecule has 0 bridgehead atoms. The number of hydrogen-bond acceptors (Lipinski definition) is 3. The summed E-state index contributed by atoms with van der Waals surface area (Å²) in [5, 5.41) is 15.0. The summed E-state index contributed by atoms with van der Waals surface area (Å²) in [5.41, 5.74) is 1.36. The molecule has 2 aromatic carbocycles. The number of benzene rings is 2. The van der Waals surface area contributed by atoms with E-state index in [4.69, 9.17) is 5.11 Å². The van der Waals surface area contributed by atoms with Crippen molar-refractivity contribution in [3.8, 4) is 0 Å². The monoisotopic (exact) mass is 289 g/mol. The Morgan fingerprint density at radius 2 is 1.90 bits per heavy atom. The molecule has 0 heterocycles. The van der Waals surface area contributed by atoms with Gasteiger partial charge in [-0.2, -0.15) is 11.8 Å². The van der Waals surface area contributed by atoms with Crippen LogP contribution in [0, 0.1) is 0 Å². The predicted molar refractivity (Wildman–Crippen MR) is 89.4 cm³/mol. The first-order valence-electron chi connectivity index (χ1n) is 7.22. The van der Waals surface area contributed by atoms with Crippen LogP contribution < -0.4 is 5.32 Å². The normalized spacial score (nSPS) is 12.7. The lowest BCUT2D eigenvalue weighted by molar-refractivity contribution is 0.296. The molecular formula is C17H23NOS. The number of rotatable bonds is 8. The van der Waals surface area contributed by atoms with Gasteiger partial charge in [0.2, 0.25) is 0 Å². The van der Waals surface area contributed by atoms with Crippen molar-refractivity contribution in [2.45, 2.75) is 19.4 Å². The summed E-state index contributed by atoms with van der Waals surface area (Å²) >= 11 is 1.90. The average Bonchev–Trinajstić information content (AvgIpc) is 2.50. The Bertz CT molecular complexity index is 524. The third-order valence-corrected chi connectivity index (χ3v) is 4.50. The Balaban J connectivity index is 1.89. The summed E-state index contributed by atoms with van der Waals surface area (Å²) in [4.78, 5) is 0. The van der Waals surface area contributed by atoms with E-state index in [9.17, 15) is 0 Å². The maximum atomic E-state index is 8.73. The number of fused-ring (bicyclic) bond motifs is 1. The van der Waals surface area contributed by atoms with Crippen LogP contribution >= 0.6 is 11.8 Å². The molecule has 0 amide bonds. The predicted octanol–water partition coefficient (Wildman–Crippen LogP) is 3.61. The highest BCUT2D eigenvalue weighted by Gasteiger charge is 2.07. The third kappa shape index (κ3) is 4.23. The van der Waals surface area contributed by atoms with E-state index >= 15 is 0 Å². The zero-order chi connectivity index (χ0) is 14.2. The van der Waals surface area contributed by atoms with Crippen molar-refractivity contribution in [3.63, 3.8) is 0 Å². The molecule has 0 aliphatic heterocycles. The topological polar surface area (TPSA) is 32.3 Å². The molecule has 0 aliphatic carbocycles. The van der Waals surface area contributed by atoms with Crippen LogP contribution in [0.1, 0.15) is 24.9 Å². The van der Waals surface area contributed by atoms with Crippen molar-refractivity contribution < 1.29 is 5.11 Å². The number of hydrogen-bond donors (Lipinski definition) is 2. The molecule has 1 unspecified atom stereocenters. The van der Waals surface area contributed by atoms with Gasteiger partial charge in [0.15, 0.2) is 0 Å². The highest BCUT2D eigenvalue weighted by Crippen LogP contribution is 2.23. The van der Waals surface area contributed by atoms with Crippen LogP contribution in [0.25, 0.3) is 10.8 Å². The van der Waals surface area contributed by atoms with Gasteiger partial charge in [0, 0.05) is 24.9 Å². The fourth-order valence-electron chi connectivity index (χ4n) is 2.35. The van der Waals surface area contributed by atoms with E-state index < -0.39 is 0 Å². The minimum atomic E-state index is 0.298. The van der Waals surface area contributed by atoms with Crippen LogP contribution in [0.4, 0.5) is 0 Å². The fourth-order valence-corrected chi connectivity index (χ4v) is 3.15. The molecule has 2 rings (SSSR count). The van der Waals surface area contributed by atoms with Crippen LogP contribution in [0.2, 0.25) is 0 Å². The molecule has 1 atom stereocenters. The Kier molecular flexibility index (Phi) is 6.37. The van der Waals surface area contributed by atoms with Crippen molar-refractivity contribution in [2.24, 2.45) is 0 Å². The molecule has 0 saturated carbocycles. The van der Waals surface area contributed by atoms with Crippen LogP contribution in [-0.4, -0.2) is 29.8 Å². The van der Waals surface area contributed by atoms with Gasteiger partial charge in [0.25, 0.3) is 0 Å². The van der Waals surface area contributed by atoms with Crippen LogP contribution in [0.15, 0.2) is 42.5 Å². The fraction of sp³-hybridized carbons (Fsp3) is 0.412. The molecule has 2 nitrogen and oxygen atoms in total. The molecule has 3 heteroatoms. The number of thioether (sulfide) groups is 1. The minimum Gasteiger partial charge on any atom is -0.396 e. The van der Waals surface area contributed by atoms with Gasteiger partial charge in [0.1, 0.15) is 0 Å². The molecule has 0 saturated heterocycles. The van der Waals surface area contributed by atoms with Crippen LogP contribution in [-0.2, 0) is 0 Å². The Morgan fingerprint density at radius 3 is 2.75 bits per heavy atom. The molecule has 0 aliphatic rings. The van der Waals surface area contributed by atoms with Gasteiger partial charge in [-0.3, -0.25) is 0 Å². The lowest BCUT2D eigenvalue weighted by atomic mass is 10.00. The van der Waals surface area contributed by atoms with Gasteiger partial charge in [-0.25, -0.2) is 0 Å². The summed E-state index contributed by atoms with van der Waals surface area (Å²) in [6.45, 7) is 3.52. The van der Waals surface area contributed by atoms with Crippen molar-refractivity contribution in [3.05, 3.63) is 48.0 Å².